The van der Waals surface area contributed by atoms with Crippen LogP contribution in [0, 0.1) is 25.5 Å². The van der Waals surface area contributed by atoms with Gasteiger partial charge in [-0.15, -0.1) is 11.3 Å². The second-order valence-electron chi connectivity index (χ2n) is 5.73. The zero-order valence-electron chi connectivity index (χ0n) is 13.8. The van der Waals surface area contributed by atoms with Crippen LogP contribution in [-0.4, -0.2) is 10.9 Å². The van der Waals surface area contributed by atoms with E-state index in [9.17, 15) is 13.6 Å². The molecule has 0 unspecified atom stereocenters. The molecule has 1 amide bonds. The summed E-state index contributed by atoms with van der Waals surface area (Å²) in [6.45, 7) is 3.78. The van der Waals surface area contributed by atoms with Crippen LogP contribution in [0.4, 0.5) is 14.5 Å². The van der Waals surface area contributed by atoms with Crippen LogP contribution in [0.5, 0.6) is 0 Å². The first-order valence-corrected chi connectivity index (χ1v) is 8.52. The first kappa shape index (κ1) is 17.2. The van der Waals surface area contributed by atoms with Gasteiger partial charge >= 0.3 is 0 Å². The van der Waals surface area contributed by atoms with Gasteiger partial charge in [0.2, 0.25) is 5.91 Å². The largest absolute Gasteiger partial charge is 0.326 e. The van der Waals surface area contributed by atoms with E-state index in [1.165, 1.54) is 23.5 Å². The molecule has 0 bridgehead atoms. The van der Waals surface area contributed by atoms with Gasteiger partial charge in [-0.1, -0.05) is 17.7 Å². The van der Waals surface area contributed by atoms with E-state index in [1.54, 1.807) is 6.92 Å². The number of hydrogen-bond acceptors (Lipinski definition) is 3. The third-order valence-corrected chi connectivity index (χ3v) is 4.65. The number of aryl methyl sites for hydroxylation is 2. The molecule has 0 radical (unpaired) electrons. The predicted molar refractivity (Wildman–Crippen MR) is 95.7 cm³/mol. The minimum absolute atomic E-state index is 0.0994. The van der Waals surface area contributed by atoms with E-state index in [1.807, 2.05) is 31.2 Å². The molecule has 6 heteroatoms. The standard InChI is InChI=1S/C19H16F2N2OS/c1-11-3-6-14(7-4-11)22-17(24)10-18-23-19(12(2)25-18)15-8-5-13(20)9-16(15)21/h3-9H,10H2,1-2H3,(H,22,24). The van der Waals surface area contributed by atoms with Crippen molar-refractivity contribution < 1.29 is 13.6 Å². The van der Waals surface area contributed by atoms with Gasteiger partial charge in [-0.25, -0.2) is 13.8 Å². The minimum atomic E-state index is -0.663. The van der Waals surface area contributed by atoms with Gasteiger partial charge < -0.3 is 5.32 Å². The lowest BCUT2D eigenvalue weighted by Crippen LogP contribution is -2.14. The fourth-order valence-electron chi connectivity index (χ4n) is 2.44. The SMILES string of the molecule is Cc1ccc(NC(=O)Cc2nc(-c3ccc(F)cc3F)c(C)s2)cc1. The highest BCUT2D eigenvalue weighted by molar-refractivity contribution is 7.12. The number of nitrogens with one attached hydrogen (secondary N) is 1. The number of rotatable bonds is 4. The van der Waals surface area contributed by atoms with Crippen molar-refractivity contribution in [3.63, 3.8) is 0 Å². The van der Waals surface area contributed by atoms with Crippen molar-refractivity contribution in [1.29, 1.82) is 0 Å². The number of hydrogen-bond donors (Lipinski definition) is 1. The highest BCUT2D eigenvalue weighted by Crippen LogP contribution is 2.30. The van der Waals surface area contributed by atoms with Gasteiger partial charge in [-0.3, -0.25) is 4.79 Å². The Labute approximate surface area is 148 Å². The maximum atomic E-state index is 14.0. The Hall–Kier alpha value is -2.60. The summed E-state index contributed by atoms with van der Waals surface area (Å²) in [6, 6.07) is 10.9. The summed E-state index contributed by atoms with van der Waals surface area (Å²) in [7, 11) is 0. The molecular weight excluding hydrogens is 342 g/mol. The Bertz CT molecular complexity index is 920. The van der Waals surface area contributed by atoms with Crippen molar-refractivity contribution >= 4 is 22.9 Å². The average molecular weight is 358 g/mol. The molecule has 3 rings (SSSR count). The van der Waals surface area contributed by atoms with Crippen molar-refractivity contribution in [2.45, 2.75) is 20.3 Å². The fraction of sp³-hybridized carbons (Fsp3) is 0.158. The second-order valence-corrected chi connectivity index (χ2v) is 7.02. The van der Waals surface area contributed by atoms with Crippen LogP contribution >= 0.6 is 11.3 Å². The van der Waals surface area contributed by atoms with E-state index >= 15 is 0 Å². The summed E-state index contributed by atoms with van der Waals surface area (Å²) in [5.74, 6) is -1.49. The Morgan fingerprint density at radius 3 is 2.52 bits per heavy atom. The maximum absolute atomic E-state index is 14.0. The number of carbonyl (C=O) groups excluding carboxylic acids is 1. The molecule has 0 saturated heterocycles. The zero-order chi connectivity index (χ0) is 18.0. The number of carbonyl (C=O) groups is 1. The van der Waals surface area contributed by atoms with E-state index in [4.69, 9.17) is 0 Å². The number of amides is 1. The number of anilines is 1. The molecule has 128 valence electrons. The van der Waals surface area contributed by atoms with Crippen LogP contribution in [-0.2, 0) is 11.2 Å². The summed E-state index contributed by atoms with van der Waals surface area (Å²) in [6.07, 6.45) is 0.0994. The Kier molecular flexibility index (Phi) is 4.90. The van der Waals surface area contributed by atoms with Gasteiger partial charge in [0.05, 0.1) is 12.1 Å². The smallest absolute Gasteiger partial charge is 0.231 e. The molecule has 3 nitrogen and oxygen atoms in total. The molecular formula is C19H16F2N2OS. The monoisotopic (exact) mass is 358 g/mol. The van der Waals surface area contributed by atoms with Crippen molar-refractivity contribution in [1.82, 2.24) is 4.98 Å². The quantitative estimate of drug-likeness (QED) is 0.722. The van der Waals surface area contributed by atoms with Crippen molar-refractivity contribution in [2.24, 2.45) is 0 Å². The summed E-state index contributed by atoms with van der Waals surface area (Å²) in [5, 5.41) is 3.39. The van der Waals surface area contributed by atoms with Crippen LogP contribution in [0.15, 0.2) is 42.5 Å². The van der Waals surface area contributed by atoms with Crippen molar-refractivity contribution in [3.05, 3.63) is 69.5 Å². The summed E-state index contributed by atoms with van der Waals surface area (Å²) >= 11 is 1.33. The highest BCUT2D eigenvalue weighted by atomic mass is 32.1. The lowest BCUT2D eigenvalue weighted by Gasteiger charge is -2.04. The number of benzene rings is 2. The normalized spacial score (nSPS) is 10.7. The molecule has 0 spiro atoms. The van der Waals surface area contributed by atoms with E-state index in [0.29, 0.717) is 16.4 Å². The van der Waals surface area contributed by atoms with Gasteiger partial charge in [0, 0.05) is 22.2 Å². The molecule has 3 aromatic rings. The molecule has 1 heterocycles. The van der Waals surface area contributed by atoms with E-state index in [-0.39, 0.29) is 17.9 Å². The molecule has 0 saturated carbocycles. The summed E-state index contributed by atoms with van der Waals surface area (Å²) < 4.78 is 27.0. The van der Waals surface area contributed by atoms with Gasteiger partial charge in [0.1, 0.15) is 16.6 Å². The van der Waals surface area contributed by atoms with Gasteiger partial charge in [0.15, 0.2) is 0 Å². The van der Waals surface area contributed by atoms with Gasteiger partial charge in [-0.05, 0) is 38.1 Å². The van der Waals surface area contributed by atoms with Crippen LogP contribution in [0.25, 0.3) is 11.3 Å². The van der Waals surface area contributed by atoms with E-state index < -0.39 is 11.6 Å². The topological polar surface area (TPSA) is 42.0 Å². The van der Waals surface area contributed by atoms with E-state index in [2.05, 4.69) is 10.3 Å². The van der Waals surface area contributed by atoms with Gasteiger partial charge in [0.25, 0.3) is 0 Å². The predicted octanol–water partition coefficient (Wildman–Crippen LogP) is 4.89. The van der Waals surface area contributed by atoms with Crippen molar-refractivity contribution in [2.75, 3.05) is 5.32 Å². The average Bonchev–Trinajstić information content (AvgIpc) is 2.89. The van der Waals surface area contributed by atoms with E-state index in [0.717, 1.165) is 16.5 Å². The number of halogens is 2. The fourth-order valence-corrected chi connectivity index (χ4v) is 3.38. The van der Waals surface area contributed by atoms with Crippen LogP contribution < -0.4 is 5.32 Å². The molecule has 0 aliphatic carbocycles. The molecule has 0 fully saturated rings. The highest BCUT2D eigenvalue weighted by Gasteiger charge is 2.16. The minimum Gasteiger partial charge on any atom is -0.326 e. The molecule has 0 aliphatic heterocycles. The molecule has 2 aromatic carbocycles. The summed E-state index contributed by atoms with van der Waals surface area (Å²) in [5.41, 5.74) is 2.51. The second kappa shape index (κ2) is 7.11. The first-order valence-electron chi connectivity index (χ1n) is 7.70. The lowest BCUT2D eigenvalue weighted by molar-refractivity contribution is -0.115. The van der Waals surface area contributed by atoms with Gasteiger partial charge in [-0.2, -0.15) is 0 Å². The van der Waals surface area contributed by atoms with Crippen LogP contribution in [0.3, 0.4) is 0 Å². The molecule has 1 aromatic heterocycles. The number of thiazole rings is 1. The van der Waals surface area contributed by atoms with Crippen molar-refractivity contribution in [3.8, 4) is 11.3 Å². The molecule has 25 heavy (non-hydrogen) atoms. The summed E-state index contributed by atoms with van der Waals surface area (Å²) in [4.78, 5) is 17.3. The molecule has 0 atom stereocenters. The number of aromatic nitrogens is 1. The van der Waals surface area contributed by atoms with Crippen LogP contribution in [0.1, 0.15) is 15.4 Å². The Balaban J connectivity index is 1.76. The maximum Gasteiger partial charge on any atom is 0.231 e. The third-order valence-electron chi connectivity index (χ3n) is 3.67. The van der Waals surface area contributed by atoms with Crippen LogP contribution in [0.2, 0.25) is 0 Å². The zero-order valence-corrected chi connectivity index (χ0v) is 14.6. The molecule has 1 N–H and O–H groups in total. The third kappa shape index (κ3) is 4.09. The Morgan fingerprint density at radius 1 is 1.12 bits per heavy atom. The number of nitrogens with zero attached hydrogens (tertiary/aromatic N) is 1. The Morgan fingerprint density at radius 2 is 1.84 bits per heavy atom. The lowest BCUT2D eigenvalue weighted by atomic mass is 10.1. The molecule has 0 aliphatic rings. The first-order chi connectivity index (χ1) is 11.9.